The van der Waals surface area contributed by atoms with E-state index in [2.05, 4.69) is 46.4 Å². The highest BCUT2D eigenvalue weighted by Crippen LogP contribution is 2.24. The van der Waals surface area contributed by atoms with Gasteiger partial charge in [0.1, 0.15) is 6.10 Å². The van der Waals surface area contributed by atoms with Crippen molar-refractivity contribution in [3.8, 4) is 0 Å². The van der Waals surface area contributed by atoms with Crippen molar-refractivity contribution in [2.24, 2.45) is 4.99 Å². The minimum absolute atomic E-state index is 0. The molecular formula is C22H31IN4O2. The Labute approximate surface area is 190 Å². The second-order valence-corrected chi connectivity index (χ2v) is 7.08. The van der Waals surface area contributed by atoms with E-state index < -0.39 is 0 Å². The summed E-state index contributed by atoms with van der Waals surface area (Å²) in [6.07, 6.45) is 3.83. The van der Waals surface area contributed by atoms with Crippen LogP contribution in [0.25, 0.3) is 0 Å². The molecule has 7 heteroatoms. The van der Waals surface area contributed by atoms with E-state index in [1.54, 1.807) is 16.7 Å². The minimum Gasteiger partial charge on any atom is -0.370 e. The highest BCUT2D eigenvalue weighted by atomic mass is 127. The van der Waals surface area contributed by atoms with E-state index in [1.165, 1.54) is 11.1 Å². The van der Waals surface area contributed by atoms with Gasteiger partial charge in [0.15, 0.2) is 5.96 Å². The number of ether oxygens (including phenoxy) is 1. The lowest BCUT2D eigenvalue weighted by Gasteiger charge is -2.35. The van der Waals surface area contributed by atoms with Gasteiger partial charge in [-0.3, -0.25) is 9.79 Å². The first-order chi connectivity index (χ1) is 13.7. The van der Waals surface area contributed by atoms with Crippen molar-refractivity contribution in [1.82, 2.24) is 14.8 Å². The van der Waals surface area contributed by atoms with Crippen LogP contribution in [0.15, 0.2) is 58.4 Å². The summed E-state index contributed by atoms with van der Waals surface area (Å²) < 4.78 is 7.77. The summed E-state index contributed by atoms with van der Waals surface area (Å²) in [5.74, 6) is 0.916. The molecule has 3 rings (SSSR count). The highest BCUT2D eigenvalue weighted by Gasteiger charge is 2.24. The number of guanidine groups is 1. The van der Waals surface area contributed by atoms with Gasteiger partial charge < -0.3 is 19.5 Å². The molecular weight excluding hydrogens is 479 g/mol. The molecule has 158 valence electrons. The van der Waals surface area contributed by atoms with Crippen LogP contribution < -0.4 is 10.9 Å². The molecule has 0 spiro atoms. The van der Waals surface area contributed by atoms with Gasteiger partial charge in [-0.15, -0.1) is 24.0 Å². The number of aryl methyl sites for hydroxylation is 2. The normalized spacial score (nSPS) is 17.0. The topological polar surface area (TPSA) is 58.9 Å². The van der Waals surface area contributed by atoms with Gasteiger partial charge in [0.25, 0.3) is 0 Å². The van der Waals surface area contributed by atoms with E-state index in [4.69, 9.17) is 4.74 Å². The van der Waals surface area contributed by atoms with Crippen LogP contribution in [0.1, 0.15) is 30.1 Å². The Kier molecular flexibility index (Phi) is 9.66. The summed E-state index contributed by atoms with van der Waals surface area (Å²) in [4.78, 5) is 18.4. The zero-order chi connectivity index (χ0) is 19.8. The SMILES string of the molecule is CN=C(NCCCCn1ccccc1=O)N1CCOC(c2ccccc2C)C1.I. The molecule has 2 aromatic rings. The van der Waals surface area contributed by atoms with Crippen molar-refractivity contribution >= 4 is 29.9 Å². The number of unbranched alkanes of at least 4 members (excludes halogenated alkanes) is 1. The molecule has 0 aliphatic carbocycles. The van der Waals surface area contributed by atoms with E-state index in [0.29, 0.717) is 6.61 Å². The summed E-state index contributed by atoms with van der Waals surface area (Å²) in [6.45, 7) is 6.03. The van der Waals surface area contributed by atoms with Crippen LogP contribution in [-0.2, 0) is 11.3 Å². The number of rotatable bonds is 6. The molecule has 1 aliphatic heterocycles. The van der Waals surface area contributed by atoms with E-state index in [-0.39, 0.29) is 35.6 Å². The van der Waals surface area contributed by atoms with Crippen LogP contribution >= 0.6 is 24.0 Å². The number of aliphatic imine (C=N–C) groups is 1. The Balaban J connectivity index is 0.00000300. The van der Waals surface area contributed by atoms with Crippen molar-refractivity contribution in [2.75, 3.05) is 33.3 Å². The van der Waals surface area contributed by atoms with Crippen molar-refractivity contribution in [2.45, 2.75) is 32.4 Å². The third-order valence-electron chi connectivity index (χ3n) is 5.12. The number of aromatic nitrogens is 1. The molecule has 0 bridgehead atoms. The van der Waals surface area contributed by atoms with Crippen LogP contribution in [0.2, 0.25) is 0 Å². The predicted molar refractivity (Wildman–Crippen MR) is 128 cm³/mol. The van der Waals surface area contributed by atoms with Gasteiger partial charge >= 0.3 is 0 Å². The Morgan fingerprint density at radius 3 is 2.76 bits per heavy atom. The van der Waals surface area contributed by atoms with Gasteiger partial charge in [-0.2, -0.15) is 0 Å². The molecule has 0 amide bonds. The van der Waals surface area contributed by atoms with Crippen LogP contribution in [0.4, 0.5) is 0 Å². The maximum atomic E-state index is 11.7. The van der Waals surface area contributed by atoms with Gasteiger partial charge in [0, 0.05) is 38.9 Å². The number of hydrogen-bond donors (Lipinski definition) is 1. The maximum Gasteiger partial charge on any atom is 0.250 e. The number of morpholine rings is 1. The second kappa shape index (κ2) is 12.0. The fourth-order valence-electron chi connectivity index (χ4n) is 3.56. The fraction of sp³-hybridized carbons (Fsp3) is 0.455. The van der Waals surface area contributed by atoms with Crippen LogP contribution in [-0.4, -0.2) is 48.7 Å². The van der Waals surface area contributed by atoms with Gasteiger partial charge in [-0.25, -0.2) is 0 Å². The molecule has 2 heterocycles. The van der Waals surface area contributed by atoms with Crippen molar-refractivity contribution in [1.29, 1.82) is 0 Å². The molecule has 1 aromatic carbocycles. The minimum atomic E-state index is 0. The largest absolute Gasteiger partial charge is 0.370 e. The first kappa shape index (κ1) is 23.4. The van der Waals surface area contributed by atoms with Crippen molar-refractivity contribution in [3.05, 3.63) is 70.1 Å². The average Bonchev–Trinajstić information content (AvgIpc) is 2.72. The average molecular weight is 510 g/mol. The number of halogens is 1. The van der Waals surface area contributed by atoms with Crippen molar-refractivity contribution in [3.63, 3.8) is 0 Å². The van der Waals surface area contributed by atoms with Crippen LogP contribution in [0.3, 0.4) is 0 Å². The predicted octanol–water partition coefficient (Wildman–Crippen LogP) is 3.20. The molecule has 1 fully saturated rings. The lowest BCUT2D eigenvalue weighted by atomic mass is 10.0. The smallest absolute Gasteiger partial charge is 0.250 e. The standard InChI is InChI=1S/C22H30N4O2.HI/c1-18-9-3-4-10-19(18)20-17-26(15-16-28-20)22(23-2)24-12-6-8-14-25-13-7-5-11-21(25)27;/h3-5,7,9-11,13,20H,6,8,12,14-17H2,1-2H3,(H,23,24);1H. The highest BCUT2D eigenvalue weighted by molar-refractivity contribution is 14.0. The first-order valence-electron chi connectivity index (χ1n) is 9.97. The van der Waals surface area contributed by atoms with E-state index in [9.17, 15) is 4.79 Å². The number of nitrogens with one attached hydrogen (secondary N) is 1. The Morgan fingerprint density at radius 2 is 2.00 bits per heavy atom. The summed E-state index contributed by atoms with van der Waals surface area (Å²) in [5.41, 5.74) is 2.56. The van der Waals surface area contributed by atoms with Gasteiger partial charge in [0.05, 0.1) is 13.2 Å². The molecule has 1 atom stereocenters. The molecule has 1 saturated heterocycles. The molecule has 0 saturated carbocycles. The molecule has 0 radical (unpaired) electrons. The van der Waals surface area contributed by atoms with E-state index in [1.807, 2.05) is 19.3 Å². The molecule has 1 aliphatic rings. The molecule has 29 heavy (non-hydrogen) atoms. The Hall–Kier alpha value is -1.87. The van der Waals surface area contributed by atoms with E-state index >= 15 is 0 Å². The molecule has 6 nitrogen and oxygen atoms in total. The zero-order valence-electron chi connectivity index (χ0n) is 17.2. The van der Waals surface area contributed by atoms with Crippen LogP contribution in [0.5, 0.6) is 0 Å². The Bertz CT molecular complexity index is 852. The second-order valence-electron chi connectivity index (χ2n) is 7.08. The van der Waals surface area contributed by atoms with Crippen molar-refractivity contribution < 1.29 is 4.74 Å². The molecule has 1 N–H and O–H groups in total. The maximum absolute atomic E-state index is 11.7. The monoisotopic (exact) mass is 510 g/mol. The lowest BCUT2D eigenvalue weighted by Crippen LogP contribution is -2.48. The van der Waals surface area contributed by atoms with Gasteiger partial charge in [-0.05, 0) is 37.0 Å². The summed E-state index contributed by atoms with van der Waals surface area (Å²) >= 11 is 0. The number of nitrogens with zero attached hydrogens (tertiary/aromatic N) is 3. The molecule has 1 aromatic heterocycles. The molecule has 1 unspecified atom stereocenters. The summed E-state index contributed by atoms with van der Waals surface area (Å²) in [5, 5.41) is 3.46. The summed E-state index contributed by atoms with van der Waals surface area (Å²) in [7, 11) is 1.82. The third kappa shape index (κ3) is 6.57. The fourth-order valence-corrected chi connectivity index (χ4v) is 3.56. The van der Waals surface area contributed by atoms with Gasteiger partial charge in [0.2, 0.25) is 5.56 Å². The number of pyridine rings is 1. The Morgan fingerprint density at radius 1 is 1.21 bits per heavy atom. The van der Waals surface area contributed by atoms with E-state index in [0.717, 1.165) is 45.0 Å². The zero-order valence-corrected chi connectivity index (χ0v) is 19.5. The number of hydrogen-bond acceptors (Lipinski definition) is 3. The first-order valence-corrected chi connectivity index (χ1v) is 9.97. The van der Waals surface area contributed by atoms with Gasteiger partial charge in [-0.1, -0.05) is 30.3 Å². The van der Waals surface area contributed by atoms with Crippen LogP contribution in [0, 0.1) is 6.92 Å². The number of benzene rings is 1. The quantitative estimate of drug-likeness (QED) is 0.281. The third-order valence-corrected chi connectivity index (χ3v) is 5.12. The summed E-state index contributed by atoms with van der Waals surface area (Å²) in [6, 6.07) is 13.7. The lowest BCUT2D eigenvalue weighted by molar-refractivity contribution is -0.00830.